The van der Waals surface area contributed by atoms with Gasteiger partial charge in [-0.1, -0.05) is 0 Å². The fraction of sp³-hybridized carbons (Fsp3) is 0.182. The van der Waals surface area contributed by atoms with Gasteiger partial charge in [0, 0.05) is 24.1 Å². The number of aromatic hydroxyl groups is 1. The van der Waals surface area contributed by atoms with E-state index in [2.05, 4.69) is 4.98 Å². The molecule has 7 heteroatoms. The second-order valence-electron chi connectivity index (χ2n) is 3.91. The molecule has 0 saturated heterocycles. The highest BCUT2D eigenvalue weighted by Gasteiger charge is 2.20. The minimum Gasteiger partial charge on any atom is -0.503 e. The summed E-state index contributed by atoms with van der Waals surface area (Å²) < 4.78 is 26.8. The minimum atomic E-state index is -1.23. The SMILES string of the molecule is N[C@@H](Cc1c[nH]c2cc(F)c(O)c(F)c12)C(=O)O. The maximum absolute atomic E-state index is 13.7. The first-order chi connectivity index (χ1) is 8.41. The summed E-state index contributed by atoms with van der Waals surface area (Å²) in [4.78, 5) is 13.2. The number of H-pyrrole nitrogens is 1. The smallest absolute Gasteiger partial charge is 0.320 e. The van der Waals surface area contributed by atoms with E-state index in [1.54, 1.807) is 0 Å². The number of phenolic OH excluding ortho intramolecular Hbond substituents is 1. The maximum Gasteiger partial charge on any atom is 0.320 e. The van der Waals surface area contributed by atoms with Crippen LogP contribution in [0.4, 0.5) is 8.78 Å². The molecule has 0 bridgehead atoms. The average molecular weight is 256 g/mol. The van der Waals surface area contributed by atoms with Gasteiger partial charge < -0.3 is 20.9 Å². The Balaban J connectivity index is 2.54. The van der Waals surface area contributed by atoms with Crippen LogP contribution in [0.1, 0.15) is 5.56 Å². The summed E-state index contributed by atoms with van der Waals surface area (Å²) in [6, 6.07) is -0.264. The molecule has 0 aliphatic heterocycles. The molecule has 0 fully saturated rings. The van der Waals surface area contributed by atoms with Gasteiger partial charge in [-0.25, -0.2) is 8.78 Å². The molecule has 0 aliphatic rings. The van der Waals surface area contributed by atoms with Gasteiger partial charge in [-0.3, -0.25) is 4.79 Å². The van der Waals surface area contributed by atoms with Crippen LogP contribution in [0.25, 0.3) is 10.9 Å². The highest BCUT2D eigenvalue weighted by molar-refractivity contribution is 5.86. The lowest BCUT2D eigenvalue weighted by atomic mass is 10.0. The van der Waals surface area contributed by atoms with Crippen molar-refractivity contribution < 1.29 is 23.8 Å². The Bertz CT molecular complexity index is 624. The molecule has 0 aliphatic carbocycles. The number of phenols is 1. The largest absolute Gasteiger partial charge is 0.503 e. The summed E-state index contributed by atoms with van der Waals surface area (Å²) in [6.07, 6.45) is 1.22. The first kappa shape index (κ1) is 12.3. The summed E-state index contributed by atoms with van der Waals surface area (Å²) in [7, 11) is 0. The Morgan fingerprint density at radius 3 is 2.78 bits per heavy atom. The molecule has 1 heterocycles. The first-order valence-corrected chi connectivity index (χ1v) is 5.07. The molecule has 1 aromatic heterocycles. The van der Waals surface area contributed by atoms with E-state index < -0.39 is 29.4 Å². The highest BCUT2D eigenvalue weighted by Crippen LogP contribution is 2.31. The quantitative estimate of drug-likeness (QED) is 0.660. The summed E-state index contributed by atoms with van der Waals surface area (Å²) in [5.74, 6) is -4.53. The minimum absolute atomic E-state index is 0.0504. The van der Waals surface area contributed by atoms with E-state index in [9.17, 15) is 18.7 Å². The van der Waals surface area contributed by atoms with E-state index in [0.717, 1.165) is 6.07 Å². The predicted molar refractivity (Wildman–Crippen MR) is 59.2 cm³/mol. The van der Waals surface area contributed by atoms with Crippen LogP contribution >= 0.6 is 0 Å². The third-order valence-corrected chi connectivity index (χ3v) is 2.67. The number of aliphatic carboxylic acids is 1. The fourth-order valence-electron chi connectivity index (χ4n) is 1.76. The van der Waals surface area contributed by atoms with Gasteiger partial charge in [0.15, 0.2) is 17.4 Å². The van der Waals surface area contributed by atoms with Gasteiger partial charge in [-0.15, -0.1) is 0 Å². The number of hydrogen-bond acceptors (Lipinski definition) is 3. The number of carboxylic acids is 1. The van der Waals surface area contributed by atoms with Gasteiger partial charge in [-0.05, 0) is 5.56 Å². The molecule has 0 unspecified atom stereocenters. The van der Waals surface area contributed by atoms with Crippen molar-refractivity contribution in [2.75, 3.05) is 0 Å². The van der Waals surface area contributed by atoms with Gasteiger partial charge in [0.2, 0.25) is 0 Å². The Hall–Kier alpha value is -2.15. The highest BCUT2D eigenvalue weighted by atomic mass is 19.1. The molecule has 5 N–H and O–H groups in total. The lowest BCUT2D eigenvalue weighted by molar-refractivity contribution is -0.138. The van der Waals surface area contributed by atoms with E-state index in [1.807, 2.05) is 0 Å². The third-order valence-electron chi connectivity index (χ3n) is 2.67. The molecule has 1 aromatic carbocycles. The number of hydrogen-bond donors (Lipinski definition) is 4. The average Bonchev–Trinajstić information content (AvgIpc) is 2.69. The standard InChI is InChI=1S/C11H10F2N2O3/c12-5-2-7-8(9(13)10(5)16)4(3-15-7)1-6(14)11(17)18/h2-3,6,15-16H,1,14H2,(H,17,18)/t6-/m0/s1. The summed E-state index contributed by atoms with van der Waals surface area (Å²) in [6.45, 7) is 0. The van der Waals surface area contributed by atoms with Crippen LogP contribution in [0.2, 0.25) is 0 Å². The van der Waals surface area contributed by atoms with Crippen molar-refractivity contribution in [3.05, 3.63) is 29.5 Å². The van der Waals surface area contributed by atoms with Gasteiger partial charge in [0.1, 0.15) is 6.04 Å². The molecule has 5 nitrogen and oxygen atoms in total. The molecule has 2 aromatic rings. The van der Waals surface area contributed by atoms with Crippen LogP contribution in [0.15, 0.2) is 12.3 Å². The molecule has 96 valence electrons. The van der Waals surface area contributed by atoms with E-state index in [0.29, 0.717) is 0 Å². The Morgan fingerprint density at radius 1 is 1.50 bits per heavy atom. The molecule has 0 spiro atoms. The number of aromatic nitrogens is 1. The van der Waals surface area contributed by atoms with Crippen LogP contribution in [0.3, 0.4) is 0 Å². The number of halogens is 2. The number of nitrogens with one attached hydrogen (secondary N) is 1. The number of carbonyl (C=O) groups is 1. The molecular formula is C11H10F2N2O3. The topological polar surface area (TPSA) is 99.3 Å². The van der Waals surface area contributed by atoms with Gasteiger partial charge in [0.05, 0.1) is 5.52 Å². The fourth-order valence-corrected chi connectivity index (χ4v) is 1.76. The van der Waals surface area contributed by atoms with Crippen LogP contribution in [0, 0.1) is 11.6 Å². The molecule has 0 saturated carbocycles. The molecule has 0 amide bonds. The molecule has 18 heavy (non-hydrogen) atoms. The number of carboxylic acid groups (broad SMARTS) is 1. The second-order valence-corrected chi connectivity index (χ2v) is 3.91. The molecular weight excluding hydrogens is 246 g/mol. The zero-order valence-corrected chi connectivity index (χ0v) is 9.08. The van der Waals surface area contributed by atoms with Crippen molar-refractivity contribution in [2.45, 2.75) is 12.5 Å². The van der Waals surface area contributed by atoms with Crippen LogP contribution in [0.5, 0.6) is 5.75 Å². The van der Waals surface area contributed by atoms with Gasteiger partial charge >= 0.3 is 5.97 Å². The van der Waals surface area contributed by atoms with Crippen molar-refractivity contribution in [2.24, 2.45) is 5.73 Å². The van der Waals surface area contributed by atoms with Crippen molar-refractivity contribution in [1.82, 2.24) is 4.98 Å². The predicted octanol–water partition coefficient (Wildman–Crippen LogP) is 1.11. The van der Waals surface area contributed by atoms with E-state index in [-0.39, 0.29) is 22.9 Å². The molecule has 1 atom stereocenters. The lowest BCUT2D eigenvalue weighted by Gasteiger charge is -2.06. The normalized spacial score (nSPS) is 12.8. The summed E-state index contributed by atoms with van der Waals surface area (Å²) in [5.41, 5.74) is 5.75. The van der Waals surface area contributed by atoms with E-state index >= 15 is 0 Å². The summed E-state index contributed by atoms with van der Waals surface area (Å²) >= 11 is 0. The second kappa shape index (κ2) is 4.26. The van der Waals surface area contributed by atoms with E-state index in [4.69, 9.17) is 10.8 Å². The van der Waals surface area contributed by atoms with Crippen molar-refractivity contribution in [1.29, 1.82) is 0 Å². The maximum atomic E-state index is 13.7. The Labute approximate surface area is 99.8 Å². The van der Waals surface area contributed by atoms with Crippen molar-refractivity contribution in [3.8, 4) is 5.75 Å². The van der Waals surface area contributed by atoms with Gasteiger partial charge in [0.25, 0.3) is 0 Å². The first-order valence-electron chi connectivity index (χ1n) is 5.07. The van der Waals surface area contributed by atoms with E-state index in [1.165, 1.54) is 6.20 Å². The third kappa shape index (κ3) is 1.88. The zero-order valence-electron chi connectivity index (χ0n) is 9.08. The monoisotopic (exact) mass is 256 g/mol. The number of fused-ring (bicyclic) bond motifs is 1. The van der Waals surface area contributed by atoms with Gasteiger partial charge in [-0.2, -0.15) is 0 Å². The Kier molecular flexibility index (Phi) is 2.92. The summed E-state index contributed by atoms with van der Waals surface area (Å²) in [5, 5.41) is 17.8. The van der Waals surface area contributed by atoms with Crippen molar-refractivity contribution >= 4 is 16.9 Å². The number of rotatable bonds is 3. The van der Waals surface area contributed by atoms with Crippen LogP contribution in [-0.4, -0.2) is 27.2 Å². The number of nitrogens with two attached hydrogens (primary N) is 1. The number of benzene rings is 1. The van der Waals surface area contributed by atoms with Crippen LogP contribution < -0.4 is 5.73 Å². The van der Waals surface area contributed by atoms with Crippen LogP contribution in [-0.2, 0) is 11.2 Å². The number of aromatic amines is 1. The zero-order chi connectivity index (χ0) is 13.4. The van der Waals surface area contributed by atoms with Crippen molar-refractivity contribution in [3.63, 3.8) is 0 Å². The lowest BCUT2D eigenvalue weighted by Crippen LogP contribution is -2.32. The molecule has 0 radical (unpaired) electrons. The Morgan fingerprint density at radius 2 is 2.17 bits per heavy atom. The molecule has 2 rings (SSSR count).